The van der Waals surface area contributed by atoms with Crippen LogP contribution in [0, 0.1) is 0 Å². The molecule has 22 heavy (non-hydrogen) atoms. The molecule has 2 amide bonds. The fourth-order valence-electron chi connectivity index (χ4n) is 2.96. The van der Waals surface area contributed by atoms with Crippen LogP contribution in [0.3, 0.4) is 0 Å². The Labute approximate surface area is 131 Å². The number of urea groups is 1. The molecule has 1 aliphatic carbocycles. The van der Waals surface area contributed by atoms with Crippen molar-refractivity contribution in [1.29, 1.82) is 0 Å². The van der Waals surface area contributed by atoms with Gasteiger partial charge in [-0.15, -0.1) is 0 Å². The maximum atomic E-state index is 12.1. The third-order valence-electron chi connectivity index (χ3n) is 4.07. The lowest BCUT2D eigenvalue weighted by atomic mass is 9.88. The Hall–Kier alpha value is -2.36. The van der Waals surface area contributed by atoms with Crippen LogP contribution in [0.2, 0.25) is 0 Å². The van der Waals surface area contributed by atoms with Crippen LogP contribution in [-0.4, -0.2) is 17.6 Å². The summed E-state index contributed by atoms with van der Waals surface area (Å²) in [4.78, 5) is 16.3. The first-order valence-corrected chi connectivity index (χ1v) is 7.85. The minimum absolute atomic E-state index is 0.0994. The van der Waals surface area contributed by atoms with Crippen molar-refractivity contribution in [3.63, 3.8) is 0 Å². The monoisotopic (exact) mass is 295 g/mol. The average molecular weight is 295 g/mol. The molecule has 1 aliphatic rings. The molecule has 2 N–H and O–H groups in total. The predicted molar refractivity (Wildman–Crippen MR) is 86.6 cm³/mol. The lowest BCUT2D eigenvalue weighted by Gasteiger charge is -2.26. The first kappa shape index (κ1) is 14.6. The summed E-state index contributed by atoms with van der Waals surface area (Å²) < 4.78 is 0. The van der Waals surface area contributed by atoms with Crippen molar-refractivity contribution < 1.29 is 4.79 Å². The number of carbonyl (C=O) groups is 1. The number of carbonyl (C=O) groups excluding carboxylic acids is 1. The van der Waals surface area contributed by atoms with E-state index in [0.717, 1.165) is 31.4 Å². The molecule has 0 aliphatic heterocycles. The Morgan fingerprint density at radius 2 is 2.05 bits per heavy atom. The number of hydrogen-bond acceptors (Lipinski definition) is 2. The second kappa shape index (κ2) is 7.07. The van der Waals surface area contributed by atoms with E-state index in [4.69, 9.17) is 0 Å². The van der Waals surface area contributed by atoms with E-state index in [1.54, 1.807) is 6.20 Å². The smallest absolute Gasteiger partial charge is 0.315 e. The Bertz CT molecular complexity index is 627. The van der Waals surface area contributed by atoms with E-state index in [-0.39, 0.29) is 12.1 Å². The van der Waals surface area contributed by atoms with Gasteiger partial charge in [0.1, 0.15) is 0 Å². The largest absolute Gasteiger partial charge is 0.338 e. The van der Waals surface area contributed by atoms with E-state index in [2.05, 4.69) is 33.8 Å². The van der Waals surface area contributed by atoms with Crippen molar-refractivity contribution in [3.8, 4) is 0 Å². The number of benzene rings is 1. The van der Waals surface area contributed by atoms with Crippen LogP contribution in [0.5, 0.6) is 0 Å². The molecule has 1 atom stereocenters. The highest BCUT2D eigenvalue weighted by Gasteiger charge is 2.20. The molecule has 114 valence electrons. The van der Waals surface area contributed by atoms with Crippen LogP contribution in [0.4, 0.5) is 4.79 Å². The van der Waals surface area contributed by atoms with E-state index in [1.165, 1.54) is 11.1 Å². The van der Waals surface area contributed by atoms with Gasteiger partial charge < -0.3 is 10.6 Å². The molecule has 0 radical (unpaired) electrons. The van der Waals surface area contributed by atoms with Crippen LogP contribution in [0.15, 0.2) is 48.7 Å². The standard InChI is InChI=1S/C18H21N3O/c22-18(20-13-11-15-8-3-4-12-19-15)21-17-10-5-7-14-6-1-2-9-16(14)17/h1-4,6,8-9,12,17H,5,7,10-11,13H2,(H2,20,21,22). The molecule has 3 rings (SSSR count). The minimum atomic E-state index is -0.0994. The van der Waals surface area contributed by atoms with Crippen molar-refractivity contribution >= 4 is 6.03 Å². The fraction of sp³-hybridized carbons (Fsp3) is 0.333. The number of nitrogens with one attached hydrogen (secondary N) is 2. The molecule has 0 saturated heterocycles. The lowest BCUT2D eigenvalue weighted by Crippen LogP contribution is -2.39. The third-order valence-corrected chi connectivity index (χ3v) is 4.07. The summed E-state index contributed by atoms with van der Waals surface area (Å²) in [6.45, 7) is 0.594. The number of rotatable bonds is 4. The first-order chi connectivity index (χ1) is 10.8. The SMILES string of the molecule is O=C(NCCc1ccccn1)NC1CCCc2ccccc21. The molecule has 2 aromatic rings. The Morgan fingerprint density at radius 1 is 1.18 bits per heavy atom. The van der Waals surface area contributed by atoms with Gasteiger partial charge in [0.15, 0.2) is 0 Å². The number of aromatic nitrogens is 1. The molecule has 0 fully saturated rings. The van der Waals surface area contributed by atoms with Crippen molar-refractivity contribution in [2.24, 2.45) is 0 Å². The first-order valence-electron chi connectivity index (χ1n) is 7.85. The zero-order valence-electron chi connectivity index (χ0n) is 12.6. The Morgan fingerprint density at radius 3 is 2.91 bits per heavy atom. The van der Waals surface area contributed by atoms with Gasteiger partial charge >= 0.3 is 6.03 Å². The summed E-state index contributed by atoms with van der Waals surface area (Å²) in [5, 5.41) is 6.01. The second-order valence-electron chi connectivity index (χ2n) is 5.61. The maximum absolute atomic E-state index is 12.1. The van der Waals surface area contributed by atoms with E-state index in [1.807, 2.05) is 24.3 Å². The van der Waals surface area contributed by atoms with Gasteiger partial charge in [-0.2, -0.15) is 0 Å². The van der Waals surface area contributed by atoms with Crippen LogP contribution >= 0.6 is 0 Å². The average Bonchev–Trinajstić information content (AvgIpc) is 2.56. The predicted octanol–water partition coefficient (Wildman–Crippen LogP) is 3.00. The molecule has 0 bridgehead atoms. The molecule has 0 spiro atoms. The summed E-state index contributed by atoms with van der Waals surface area (Å²) in [5.41, 5.74) is 3.60. The van der Waals surface area contributed by atoms with Crippen LogP contribution in [-0.2, 0) is 12.8 Å². The topological polar surface area (TPSA) is 54.0 Å². The third kappa shape index (κ3) is 3.64. The van der Waals surface area contributed by atoms with Gasteiger partial charge in [-0.1, -0.05) is 30.3 Å². The highest BCUT2D eigenvalue weighted by atomic mass is 16.2. The summed E-state index contributed by atoms with van der Waals surface area (Å²) in [5.74, 6) is 0. The fourth-order valence-corrected chi connectivity index (χ4v) is 2.96. The summed E-state index contributed by atoms with van der Waals surface area (Å²) in [7, 11) is 0. The van der Waals surface area contributed by atoms with Crippen LogP contribution in [0.25, 0.3) is 0 Å². The molecule has 0 saturated carbocycles. The van der Waals surface area contributed by atoms with E-state index >= 15 is 0 Å². The van der Waals surface area contributed by atoms with Crippen LogP contribution in [0.1, 0.15) is 35.7 Å². The van der Waals surface area contributed by atoms with E-state index in [0.29, 0.717) is 6.54 Å². The molecule has 1 unspecified atom stereocenters. The molecule has 1 aromatic carbocycles. The Kier molecular flexibility index (Phi) is 4.68. The number of fused-ring (bicyclic) bond motifs is 1. The summed E-state index contributed by atoms with van der Waals surface area (Å²) in [6.07, 6.45) is 5.75. The van der Waals surface area contributed by atoms with Gasteiger partial charge in [-0.3, -0.25) is 4.98 Å². The second-order valence-corrected chi connectivity index (χ2v) is 5.61. The van der Waals surface area contributed by atoms with Crippen molar-refractivity contribution in [2.75, 3.05) is 6.54 Å². The van der Waals surface area contributed by atoms with Gasteiger partial charge in [-0.25, -0.2) is 4.79 Å². The molecule has 1 aromatic heterocycles. The van der Waals surface area contributed by atoms with Crippen molar-refractivity contribution in [1.82, 2.24) is 15.6 Å². The normalized spacial score (nSPS) is 16.6. The van der Waals surface area contributed by atoms with Gasteiger partial charge in [-0.05, 0) is 42.5 Å². The lowest BCUT2D eigenvalue weighted by molar-refractivity contribution is 0.235. The van der Waals surface area contributed by atoms with Crippen molar-refractivity contribution in [3.05, 3.63) is 65.5 Å². The van der Waals surface area contributed by atoms with Gasteiger partial charge in [0, 0.05) is 24.9 Å². The van der Waals surface area contributed by atoms with Crippen molar-refractivity contribution in [2.45, 2.75) is 31.7 Å². The summed E-state index contributed by atoms with van der Waals surface area (Å²) in [6, 6.07) is 14.2. The zero-order chi connectivity index (χ0) is 15.2. The number of hydrogen-bond donors (Lipinski definition) is 2. The summed E-state index contributed by atoms with van der Waals surface area (Å²) >= 11 is 0. The van der Waals surface area contributed by atoms with Gasteiger partial charge in [0.2, 0.25) is 0 Å². The molecule has 1 heterocycles. The molecule has 4 nitrogen and oxygen atoms in total. The van der Waals surface area contributed by atoms with Gasteiger partial charge in [0.25, 0.3) is 0 Å². The van der Waals surface area contributed by atoms with Gasteiger partial charge in [0.05, 0.1) is 6.04 Å². The number of nitrogens with zero attached hydrogens (tertiary/aromatic N) is 1. The molecular weight excluding hydrogens is 274 g/mol. The number of amides is 2. The quantitative estimate of drug-likeness (QED) is 0.911. The van der Waals surface area contributed by atoms with E-state index < -0.39 is 0 Å². The molecular formula is C18H21N3O. The highest BCUT2D eigenvalue weighted by molar-refractivity contribution is 5.74. The number of pyridine rings is 1. The maximum Gasteiger partial charge on any atom is 0.315 e. The zero-order valence-corrected chi connectivity index (χ0v) is 12.6. The highest BCUT2D eigenvalue weighted by Crippen LogP contribution is 2.29. The molecule has 4 heteroatoms. The van der Waals surface area contributed by atoms with E-state index in [9.17, 15) is 4.79 Å². The number of aryl methyl sites for hydroxylation is 1. The minimum Gasteiger partial charge on any atom is -0.338 e. The Balaban J connectivity index is 1.50. The van der Waals surface area contributed by atoms with Crippen LogP contribution < -0.4 is 10.6 Å².